The molecule has 0 aliphatic heterocycles. The summed E-state index contributed by atoms with van der Waals surface area (Å²) in [5.41, 5.74) is 5.61. The molecule has 0 heterocycles. The van der Waals surface area contributed by atoms with Crippen molar-refractivity contribution in [3.8, 4) is 0 Å². The van der Waals surface area contributed by atoms with Gasteiger partial charge < -0.3 is 16.0 Å². The maximum absolute atomic E-state index is 12.2. The average Bonchev–Trinajstić information content (AvgIpc) is 2.28. The molecule has 4 nitrogen and oxygen atoms in total. The van der Waals surface area contributed by atoms with E-state index in [1.807, 2.05) is 14.1 Å². The Morgan fingerprint density at radius 2 is 2.17 bits per heavy atom. The number of nitrogens with zero attached hydrogens (tertiary/aromatic N) is 1. The highest BCUT2D eigenvalue weighted by atomic mass is 16.1. The molecule has 0 aromatic rings. The molecular formula is C14H29N3O. The van der Waals surface area contributed by atoms with Crippen molar-refractivity contribution in [2.45, 2.75) is 45.1 Å². The second kappa shape index (κ2) is 7.74. The van der Waals surface area contributed by atoms with E-state index < -0.39 is 0 Å². The van der Waals surface area contributed by atoms with Crippen molar-refractivity contribution in [1.82, 2.24) is 10.2 Å². The SMILES string of the molecule is CC(CN(C)C)NC(=O)C1CCCC(CCN)C1. The molecular weight excluding hydrogens is 226 g/mol. The molecule has 0 aromatic heterocycles. The Kier molecular flexibility index (Phi) is 6.65. The van der Waals surface area contributed by atoms with E-state index in [-0.39, 0.29) is 17.9 Å². The van der Waals surface area contributed by atoms with Gasteiger partial charge >= 0.3 is 0 Å². The summed E-state index contributed by atoms with van der Waals surface area (Å²) >= 11 is 0. The summed E-state index contributed by atoms with van der Waals surface area (Å²) in [5, 5.41) is 3.13. The fraction of sp³-hybridized carbons (Fsp3) is 0.929. The number of amides is 1. The van der Waals surface area contributed by atoms with Crippen LogP contribution in [-0.2, 0) is 4.79 Å². The van der Waals surface area contributed by atoms with E-state index in [1.165, 1.54) is 12.8 Å². The van der Waals surface area contributed by atoms with Gasteiger partial charge in [-0.3, -0.25) is 4.79 Å². The first-order valence-corrected chi connectivity index (χ1v) is 7.18. The molecule has 1 aliphatic carbocycles. The van der Waals surface area contributed by atoms with Crippen LogP contribution in [0.4, 0.5) is 0 Å². The van der Waals surface area contributed by atoms with Crippen molar-refractivity contribution in [1.29, 1.82) is 0 Å². The lowest BCUT2D eigenvalue weighted by Crippen LogP contribution is -2.43. The Morgan fingerprint density at radius 3 is 2.78 bits per heavy atom. The zero-order chi connectivity index (χ0) is 13.5. The molecule has 0 spiro atoms. The van der Waals surface area contributed by atoms with E-state index in [4.69, 9.17) is 5.73 Å². The predicted molar refractivity (Wildman–Crippen MR) is 75.3 cm³/mol. The molecule has 3 unspecified atom stereocenters. The monoisotopic (exact) mass is 255 g/mol. The Bertz CT molecular complexity index is 253. The summed E-state index contributed by atoms with van der Waals surface area (Å²) in [6, 6.07) is 0.224. The Morgan fingerprint density at radius 1 is 1.44 bits per heavy atom. The van der Waals surface area contributed by atoms with Crippen LogP contribution in [0.2, 0.25) is 0 Å². The standard InChI is InChI=1S/C14H29N3O/c1-11(10-17(2)3)16-14(18)13-6-4-5-12(9-13)7-8-15/h11-13H,4-10,15H2,1-3H3,(H,16,18). The lowest BCUT2D eigenvalue weighted by Gasteiger charge is -2.29. The summed E-state index contributed by atoms with van der Waals surface area (Å²) in [7, 11) is 4.06. The molecule has 3 atom stereocenters. The number of carbonyl (C=O) groups is 1. The number of carbonyl (C=O) groups excluding carboxylic acids is 1. The molecule has 1 saturated carbocycles. The maximum atomic E-state index is 12.2. The van der Waals surface area contributed by atoms with Crippen LogP contribution >= 0.6 is 0 Å². The lowest BCUT2D eigenvalue weighted by atomic mass is 9.79. The number of hydrogen-bond donors (Lipinski definition) is 2. The summed E-state index contributed by atoms with van der Waals surface area (Å²) in [4.78, 5) is 14.3. The van der Waals surface area contributed by atoms with Crippen molar-refractivity contribution < 1.29 is 4.79 Å². The van der Waals surface area contributed by atoms with Crippen LogP contribution in [0, 0.1) is 11.8 Å². The van der Waals surface area contributed by atoms with Crippen LogP contribution in [0.25, 0.3) is 0 Å². The first kappa shape index (κ1) is 15.4. The number of rotatable bonds is 6. The second-order valence-electron chi connectivity index (χ2n) is 5.98. The van der Waals surface area contributed by atoms with Crippen LogP contribution in [0.3, 0.4) is 0 Å². The fourth-order valence-corrected chi connectivity index (χ4v) is 2.98. The van der Waals surface area contributed by atoms with Crippen molar-refractivity contribution in [3.63, 3.8) is 0 Å². The predicted octanol–water partition coefficient (Wildman–Crippen LogP) is 1.21. The molecule has 18 heavy (non-hydrogen) atoms. The minimum absolute atomic E-state index is 0.208. The molecule has 1 amide bonds. The first-order valence-electron chi connectivity index (χ1n) is 7.18. The highest BCUT2D eigenvalue weighted by molar-refractivity contribution is 5.79. The number of likely N-dealkylation sites (N-methyl/N-ethyl adjacent to an activating group) is 1. The van der Waals surface area contributed by atoms with E-state index in [1.54, 1.807) is 0 Å². The third-order valence-electron chi connectivity index (χ3n) is 3.76. The number of hydrogen-bond acceptors (Lipinski definition) is 3. The van der Waals surface area contributed by atoms with Gasteiger partial charge in [-0.25, -0.2) is 0 Å². The van der Waals surface area contributed by atoms with Crippen molar-refractivity contribution in [2.24, 2.45) is 17.6 Å². The van der Waals surface area contributed by atoms with E-state index >= 15 is 0 Å². The lowest BCUT2D eigenvalue weighted by molar-refractivity contribution is -0.127. The van der Waals surface area contributed by atoms with E-state index in [2.05, 4.69) is 17.1 Å². The Hall–Kier alpha value is -0.610. The van der Waals surface area contributed by atoms with Crippen LogP contribution in [-0.4, -0.2) is 44.0 Å². The van der Waals surface area contributed by atoms with Crippen LogP contribution in [0.1, 0.15) is 39.0 Å². The molecule has 1 fully saturated rings. The van der Waals surface area contributed by atoms with Gasteiger partial charge in [-0.2, -0.15) is 0 Å². The fourth-order valence-electron chi connectivity index (χ4n) is 2.98. The van der Waals surface area contributed by atoms with Gasteiger partial charge in [-0.1, -0.05) is 12.8 Å². The summed E-state index contributed by atoms with van der Waals surface area (Å²) in [6.07, 6.45) is 5.55. The molecule has 1 aliphatic rings. The summed E-state index contributed by atoms with van der Waals surface area (Å²) < 4.78 is 0. The van der Waals surface area contributed by atoms with Crippen molar-refractivity contribution in [3.05, 3.63) is 0 Å². The molecule has 106 valence electrons. The van der Waals surface area contributed by atoms with Crippen molar-refractivity contribution >= 4 is 5.91 Å². The second-order valence-corrected chi connectivity index (χ2v) is 5.98. The molecule has 3 N–H and O–H groups in total. The van der Waals surface area contributed by atoms with Gasteiger partial charge in [0.05, 0.1) is 0 Å². The minimum Gasteiger partial charge on any atom is -0.352 e. The van der Waals surface area contributed by atoms with Gasteiger partial charge in [-0.05, 0) is 52.7 Å². The number of nitrogens with one attached hydrogen (secondary N) is 1. The Balaban J connectivity index is 2.36. The highest BCUT2D eigenvalue weighted by Crippen LogP contribution is 2.30. The minimum atomic E-state index is 0.208. The molecule has 0 saturated heterocycles. The van der Waals surface area contributed by atoms with Gasteiger partial charge in [0, 0.05) is 18.5 Å². The molecule has 0 bridgehead atoms. The summed E-state index contributed by atoms with van der Waals surface area (Å²) in [5.74, 6) is 1.11. The summed E-state index contributed by atoms with van der Waals surface area (Å²) in [6.45, 7) is 3.71. The van der Waals surface area contributed by atoms with Gasteiger partial charge in [-0.15, -0.1) is 0 Å². The quantitative estimate of drug-likeness (QED) is 0.750. The first-order chi connectivity index (χ1) is 8.52. The van der Waals surface area contributed by atoms with Crippen LogP contribution in [0.15, 0.2) is 0 Å². The normalized spacial score (nSPS) is 26.1. The van der Waals surface area contributed by atoms with Gasteiger partial charge in [0.25, 0.3) is 0 Å². The maximum Gasteiger partial charge on any atom is 0.223 e. The molecule has 0 aromatic carbocycles. The van der Waals surface area contributed by atoms with E-state index in [9.17, 15) is 4.79 Å². The zero-order valence-electron chi connectivity index (χ0n) is 12.1. The smallest absolute Gasteiger partial charge is 0.223 e. The van der Waals surface area contributed by atoms with E-state index in [0.717, 1.165) is 32.4 Å². The van der Waals surface area contributed by atoms with Gasteiger partial charge in [0.15, 0.2) is 0 Å². The van der Waals surface area contributed by atoms with Gasteiger partial charge in [0.2, 0.25) is 5.91 Å². The van der Waals surface area contributed by atoms with Gasteiger partial charge in [0.1, 0.15) is 0 Å². The van der Waals surface area contributed by atoms with Crippen molar-refractivity contribution in [2.75, 3.05) is 27.2 Å². The highest BCUT2D eigenvalue weighted by Gasteiger charge is 2.27. The zero-order valence-corrected chi connectivity index (χ0v) is 12.1. The number of nitrogens with two attached hydrogens (primary N) is 1. The molecule has 4 heteroatoms. The van der Waals surface area contributed by atoms with E-state index in [0.29, 0.717) is 5.92 Å². The van der Waals surface area contributed by atoms with Crippen LogP contribution in [0.5, 0.6) is 0 Å². The topological polar surface area (TPSA) is 58.4 Å². The largest absolute Gasteiger partial charge is 0.352 e. The van der Waals surface area contributed by atoms with Crippen LogP contribution < -0.4 is 11.1 Å². The molecule has 0 radical (unpaired) electrons. The molecule has 1 rings (SSSR count). The third-order valence-corrected chi connectivity index (χ3v) is 3.76. The third kappa shape index (κ3) is 5.36. The Labute approximate surface area is 111 Å². The average molecular weight is 255 g/mol.